The van der Waals surface area contributed by atoms with Crippen LogP contribution in [0.15, 0.2) is 156 Å². The summed E-state index contributed by atoms with van der Waals surface area (Å²) in [4.78, 5) is 32.9. The molecule has 0 atom stereocenters. The number of amides is 2. The average Bonchev–Trinajstić information content (AvgIpc) is 3.23. The fraction of sp³-hybridized carbons (Fsp3) is 0.217. The predicted molar refractivity (Wildman–Crippen MR) is 236 cm³/mol. The molecule has 4 aromatic carbocycles. The van der Waals surface area contributed by atoms with Crippen molar-refractivity contribution in [2.45, 2.75) is 75.3 Å². The quantitative estimate of drug-likeness (QED) is 0.0953. The lowest BCUT2D eigenvalue weighted by Gasteiger charge is -2.19. The number of hydrogen-bond donors (Lipinski definition) is 4. The molecule has 4 N–H and O–H groups in total. The van der Waals surface area contributed by atoms with E-state index in [-0.39, 0.29) is 45.5 Å². The van der Waals surface area contributed by atoms with Crippen LogP contribution in [0.25, 0.3) is 0 Å². The second kappa shape index (κ2) is 19.3. The second-order valence-electron chi connectivity index (χ2n) is 16.0. The number of carbonyl (C=O) groups is 2. The van der Waals surface area contributed by atoms with Crippen LogP contribution in [0.2, 0.25) is 0 Å². The fourth-order valence-electron chi connectivity index (χ4n) is 5.62. The van der Waals surface area contributed by atoms with Crippen LogP contribution in [0.4, 0.5) is 11.4 Å². The number of anilines is 2. The Balaban J connectivity index is 0.000000228. The summed E-state index contributed by atoms with van der Waals surface area (Å²) in [6.45, 7) is 12.7. The number of nitrogens with one attached hydrogen (secondary N) is 4. The van der Waals surface area contributed by atoms with Gasteiger partial charge in [-0.15, -0.1) is 0 Å². The molecule has 6 rings (SSSR count). The summed E-state index contributed by atoms with van der Waals surface area (Å²) in [5.74, 6) is -0.511. The van der Waals surface area contributed by atoms with Gasteiger partial charge in [0, 0.05) is 36.6 Å². The Bertz CT molecular complexity index is 2390. The van der Waals surface area contributed by atoms with Crippen molar-refractivity contribution >= 4 is 43.2 Å². The molecule has 0 aliphatic carbocycles. The molecule has 2 aromatic heterocycles. The van der Waals surface area contributed by atoms with Gasteiger partial charge in [-0.2, -0.15) is 0 Å². The van der Waals surface area contributed by atoms with Gasteiger partial charge in [0.05, 0.1) is 33.6 Å². The van der Waals surface area contributed by atoms with E-state index in [0.717, 1.165) is 22.3 Å². The summed E-state index contributed by atoms with van der Waals surface area (Å²) in [6, 6.07) is 34.4. The Morgan fingerprint density at radius 3 is 1.10 bits per heavy atom. The number of sulfonamides is 2. The molecule has 2 amide bonds. The van der Waals surface area contributed by atoms with Crippen molar-refractivity contribution in [1.29, 1.82) is 0 Å². The molecule has 0 saturated heterocycles. The normalized spacial score (nSPS) is 11.8. The summed E-state index contributed by atoms with van der Waals surface area (Å²) >= 11 is 0. The van der Waals surface area contributed by atoms with Crippen LogP contribution in [0.5, 0.6) is 0 Å². The van der Waals surface area contributed by atoms with E-state index >= 15 is 0 Å². The van der Waals surface area contributed by atoms with Crippen LogP contribution < -0.4 is 20.1 Å². The largest absolute Gasteiger partial charge is 0.321 e. The molecule has 0 radical (unpaired) electrons. The topological polar surface area (TPSA) is 176 Å². The highest BCUT2D eigenvalue weighted by atomic mass is 32.2. The maximum atomic E-state index is 12.6. The van der Waals surface area contributed by atoms with E-state index < -0.39 is 20.0 Å². The maximum absolute atomic E-state index is 12.6. The lowest BCUT2D eigenvalue weighted by molar-refractivity contribution is 0.101. The van der Waals surface area contributed by atoms with Crippen LogP contribution in [-0.2, 0) is 44.0 Å². The van der Waals surface area contributed by atoms with E-state index in [0.29, 0.717) is 22.5 Å². The molecule has 0 aliphatic heterocycles. The zero-order chi connectivity index (χ0) is 43.6. The highest BCUT2D eigenvalue weighted by Crippen LogP contribution is 2.25. The predicted octanol–water partition coefficient (Wildman–Crippen LogP) is 8.22. The van der Waals surface area contributed by atoms with E-state index in [1.807, 2.05) is 24.3 Å². The molecule has 12 nitrogen and oxygen atoms in total. The summed E-state index contributed by atoms with van der Waals surface area (Å²) < 4.78 is 55.5. The molecule has 6 aromatic rings. The van der Waals surface area contributed by atoms with Crippen molar-refractivity contribution in [3.8, 4) is 0 Å². The van der Waals surface area contributed by atoms with Gasteiger partial charge in [-0.1, -0.05) is 90.1 Å². The Labute approximate surface area is 353 Å². The fourth-order valence-corrected chi connectivity index (χ4v) is 7.65. The standard InChI is InChI=1S/2C23H25N3O3S/c2*1-23(2,3)19-10-12-21(13-11-19)30(28,29)25-15-17-6-8-18(9-7-17)22(27)26-20-5-4-14-24-16-20/h2*4-14,16,25H,15H2,1-3H3,(H,26,27). The molecule has 60 heavy (non-hydrogen) atoms. The minimum Gasteiger partial charge on any atom is -0.321 e. The van der Waals surface area contributed by atoms with Crippen LogP contribution >= 0.6 is 0 Å². The molecule has 312 valence electrons. The minimum atomic E-state index is -3.62. The molecular formula is C46H50N6O6S2. The van der Waals surface area contributed by atoms with Crippen LogP contribution in [-0.4, -0.2) is 38.6 Å². The van der Waals surface area contributed by atoms with Gasteiger partial charge in [0.1, 0.15) is 0 Å². The first kappa shape index (κ1) is 45.0. The minimum absolute atomic E-state index is 0.0409. The Hall–Kier alpha value is -6.06. The maximum Gasteiger partial charge on any atom is 0.255 e. The molecule has 2 heterocycles. The van der Waals surface area contributed by atoms with Gasteiger partial charge in [0.25, 0.3) is 11.8 Å². The smallest absolute Gasteiger partial charge is 0.255 e. The van der Waals surface area contributed by atoms with E-state index in [2.05, 4.69) is 71.6 Å². The Morgan fingerprint density at radius 2 is 0.817 bits per heavy atom. The van der Waals surface area contributed by atoms with Gasteiger partial charge in [-0.05, 0) is 106 Å². The van der Waals surface area contributed by atoms with Crippen molar-refractivity contribution in [3.63, 3.8) is 0 Å². The van der Waals surface area contributed by atoms with E-state index in [1.165, 1.54) is 0 Å². The number of carbonyl (C=O) groups excluding carboxylic acids is 2. The van der Waals surface area contributed by atoms with Gasteiger partial charge < -0.3 is 10.6 Å². The number of rotatable bonds is 12. The number of nitrogens with zero attached hydrogens (tertiary/aromatic N) is 2. The zero-order valence-corrected chi connectivity index (χ0v) is 36.1. The van der Waals surface area contributed by atoms with E-state index in [1.54, 1.807) is 122 Å². The summed E-state index contributed by atoms with van der Waals surface area (Å²) in [6.07, 6.45) is 6.39. The van der Waals surface area contributed by atoms with Gasteiger partial charge >= 0.3 is 0 Å². The lowest BCUT2D eigenvalue weighted by atomic mass is 9.87. The molecule has 0 aliphatic rings. The third kappa shape index (κ3) is 13.0. The molecule has 0 saturated carbocycles. The van der Waals surface area contributed by atoms with Crippen LogP contribution in [0.1, 0.15) is 84.5 Å². The number of aromatic nitrogens is 2. The van der Waals surface area contributed by atoms with E-state index in [9.17, 15) is 26.4 Å². The first-order chi connectivity index (χ1) is 28.3. The highest BCUT2D eigenvalue weighted by molar-refractivity contribution is 7.89. The van der Waals surface area contributed by atoms with Crippen molar-refractivity contribution < 1.29 is 26.4 Å². The van der Waals surface area contributed by atoms with Gasteiger partial charge in [-0.3, -0.25) is 19.6 Å². The third-order valence-corrected chi connectivity index (χ3v) is 12.1. The Morgan fingerprint density at radius 1 is 0.483 bits per heavy atom. The van der Waals surface area contributed by atoms with Crippen molar-refractivity contribution in [2.75, 3.05) is 10.6 Å². The van der Waals surface area contributed by atoms with Crippen LogP contribution in [0, 0.1) is 0 Å². The molecule has 0 unspecified atom stereocenters. The Kier molecular flexibility index (Phi) is 14.5. The van der Waals surface area contributed by atoms with E-state index in [4.69, 9.17) is 0 Å². The summed E-state index contributed by atoms with van der Waals surface area (Å²) in [5.41, 5.74) is 5.73. The number of hydrogen-bond acceptors (Lipinski definition) is 8. The molecular weight excluding hydrogens is 797 g/mol. The monoisotopic (exact) mass is 846 g/mol. The molecule has 0 fully saturated rings. The number of pyridine rings is 2. The van der Waals surface area contributed by atoms with Crippen LogP contribution in [0.3, 0.4) is 0 Å². The molecule has 14 heteroatoms. The van der Waals surface area contributed by atoms with Crippen molar-refractivity contribution in [2.24, 2.45) is 0 Å². The summed E-state index contributed by atoms with van der Waals surface area (Å²) in [7, 11) is -7.25. The average molecular weight is 847 g/mol. The third-order valence-electron chi connectivity index (χ3n) is 9.26. The van der Waals surface area contributed by atoms with Gasteiger partial charge in [0.2, 0.25) is 20.0 Å². The lowest BCUT2D eigenvalue weighted by Crippen LogP contribution is -2.23. The first-order valence-corrected chi connectivity index (χ1v) is 22.1. The first-order valence-electron chi connectivity index (χ1n) is 19.1. The second-order valence-corrected chi connectivity index (χ2v) is 19.5. The van der Waals surface area contributed by atoms with Crippen molar-refractivity contribution in [1.82, 2.24) is 19.4 Å². The zero-order valence-electron chi connectivity index (χ0n) is 34.4. The SMILES string of the molecule is CC(C)(C)c1ccc(S(=O)(=O)NCc2ccc(C(=O)Nc3cccnc3)cc2)cc1.CC(C)(C)c1ccc(S(=O)(=O)NCc2ccc(C(=O)Nc3cccnc3)cc2)cc1. The highest BCUT2D eigenvalue weighted by Gasteiger charge is 2.19. The molecule has 0 spiro atoms. The molecule has 0 bridgehead atoms. The van der Waals surface area contributed by atoms with Gasteiger partial charge in [0.15, 0.2) is 0 Å². The number of benzene rings is 4. The summed E-state index contributed by atoms with van der Waals surface area (Å²) in [5, 5.41) is 5.51. The van der Waals surface area contributed by atoms with Gasteiger partial charge in [-0.25, -0.2) is 26.3 Å². The van der Waals surface area contributed by atoms with Crippen molar-refractivity contribution in [3.05, 3.63) is 179 Å².